The number of anilines is 2. The molecule has 0 aliphatic carbocycles. The molecular weight excluding hydrogens is 490 g/mol. The second-order valence-electron chi connectivity index (χ2n) is 8.22. The third-order valence-corrected chi connectivity index (χ3v) is 6.72. The van der Waals surface area contributed by atoms with Crippen molar-refractivity contribution in [3.63, 3.8) is 0 Å². The Morgan fingerprint density at radius 1 is 1.22 bits per heavy atom. The van der Waals surface area contributed by atoms with E-state index in [0.717, 1.165) is 11.3 Å². The van der Waals surface area contributed by atoms with Crippen LogP contribution >= 0.6 is 11.3 Å². The summed E-state index contributed by atoms with van der Waals surface area (Å²) in [4.78, 5) is 39.1. The summed E-state index contributed by atoms with van der Waals surface area (Å²) in [6.45, 7) is 4.50. The van der Waals surface area contributed by atoms with Gasteiger partial charge in [-0.2, -0.15) is 5.26 Å². The molecule has 1 aromatic heterocycles. The van der Waals surface area contributed by atoms with Crippen LogP contribution in [-0.2, 0) is 16.1 Å². The molecule has 1 aliphatic heterocycles. The summed E-state index contributed by atoms with van der Waals surface area (Å²) in [5.41, 5.74) is 0.645. The third-order valence-electron chi connectivity index (χ3n) is 5.59. The average Bonchev–Trinajstić information content (AvgIpc) is 3.15. The predicted octanol–water partition coefficient (Wildman–Crippen LogP) is 1.26. The van der Waals surface area contributed by atoms with E-state index in [1.54, 1.807) is 43.0 Å². The van der Waals surface area contributed by atoms with Gasteiger partial charge in [0.25, 0.3) is 17.4 Å². The monoisotopic (exact) mass is 518 g/mol. The van der Waals surface area contributed by atoms with Crippen LogP contribution in [-0.4, -0.2) is 53.4 Å². The first-order valence-electron chi connectivity index (χ1n) is 11.6. The van der Waals surface area contributed by atoms with Crippen molar-refractivity contribution in [3.8, 4) is 6.07 Å². The van der Waals surface area contributed by atoms with E-state index in [1.165, 1.54) is 10.8 Å². The van der Waals surface area contributed by atoms with Gasteiger partial charge in [0.1, 0.15) is 15.3 Å². The van der Waals surface area contributed by atoms with Gasteiger partial charge in [-0.1, -0.05) is 6.07 Å². The van der Waals surface area contributed by atoms with Crippen LogP contribution in [0, 0.1) is 11.3 Å². The molecule has 2 amide bonds. The Morgan fingerprint density at radius 3 is 2.56 bits per heavy atom. The topological polar surface area (TPSA) is 119 Å². The zero-order valence-electron chi connectivity index (χ0n) is 20.1. The molecule has 3 rings (SSSR count). The highest BCUT2D eigenvalue weighted by Gasteiger charge is 2.34. The third kappa shape index (κ3) is 6.77. The van der Waals surface area contributed by atoms with Crippen molar-refractivity contribution in [2.45, 2.75) is 39.2 Å². The molecule has 0 bridgehead atoms. The lowest BCUT2D eigenvalue weighted by molar-refractivity contribution is -0.119. The Kier molecular flexibility index (Phi) is 8.95. The fourth-order valence-corrected chi connectivity index (χ4v) is 4.80. The highest BCUT2D eigenvalue weighted by molar-refractivity contribution is 7.07. The number of nitrogens with one attached hydrogen (secondary N) is 3. The van der Waals surface area contributed by atoms with Crippen LogP contribution in [0.25, 0.3) is 11.8 Å². The maximum absolute atomic E-state index is 13.3. The number of carbonyl (C=O) groups excluding carboxylic acids is 2. The lowest BCUT2D eigenvalue weighted by Crippen LogP contribution is -2.42. The lowest BCUT2D eigenvalue weighted by Gasteiger charge is -2.31. The Hall–Kier alpha value is -3.56. The number of halogens is 2. The number of likely N-dealkylation sites (tertiary alicyclic amines) is 1. The molecule has 36 heavy (non-hydrogen) atoms. The number of hydrogen-bond acceptors (Lipinski definition) is 7. The van der Waals surface area contributed by atoms with Crippen LogP contribution in [0.4, 0.5) is 20.2 Å². The molecule has 9 nitrogen and oxygen atoms in total. The zero-order valence-corrected chi connectivity index (χ0v) is 20.9. The van der Waals surface area contributed by atoms with Gasteiger partial charge in [0.2, 0.25) is 5.91 Å². The maximum Gasteiger partial charge on any atom is 0.270 e. The van der Waals surface area contributed by atoms with Gasteiger partial charge in [-0.3, -0.25) is 23.9 Å². The Morgan fingerprint density at radius 2 is 1.92 bits per heavy atom. The summed E-state index contributed by atoms with van der Waals surface area (Å²) in [5.74, 6) is -3.51. The number of aromatic nitrogens is 1. The molecule has 1 saturated heterocycles. The van der Waals surface area contributed by atoms with Gasteiger partial charge >= 0.3 is 0 Å². The molecule has 0 saturated carbocycles. The first kappa shape index (κ1) is 27.0. The quantitative estimate of drug-likeness (QED) is 0.484. The number of benzene rings is 1. The standard InChI is InChI=1S/C24H28F2N6O3S/c1-3-28-21(34)18(13-27)23-32(4-2)22(35)19(36-23)14-29-16-6-5-7-17(12-16)30-20(33)15-31-10-8-24(25,26)9-11-31/h5-7,12,14,29H,3-4,8-11,15H2,1-2H3,(H,28,34)(H,30,33)/b19-14+,23-18-. The van der Waals surface area contributed by atoms with Gasteiger partial charge in [0.15, 0.2) is 5.57 Å². The molecular formula is C24H28F2N6O3S. The number of hydrogen-bond donors (Lipinski definition) is 3. The molecule has 1 fully saturated rings. The summed E-state index contributed by atoms with van der Waals surface area (Å²) in [6, 6.07) is 8.72. The number of thiazole rings is 1. The van der Waals surface area contributed by atoms with Crippen LogP contribution in [0.3, 0.4) is 0 Å². The Bertz CT molecular complexity index is 1330. The largest absolute Gasteiger partial charge is 0.360 e. The summed E-state index contributed by atoms with van der Waals surface area (Å²) < 4.78 is 28.6. The molecule has 1 aromatic carbocycles. The zero-order chi connectivity index (χ0) is 26.3. The number of nitriles is 1. The van der Waals surface area contributed by atoms with E-state index in [4.69, 9.17) is 0 Å². The van der Waals surface area contributed by atoms with Crippen LogP contribution in [0.2, 0.25) is 0 Å². The highest BCUT2D eigenvalue weighted by Crippen LogP contribution is 2.27. The van der Waals surface area contributed by atoms with E-state index in [2.05, 4.69) is 16.0 Å². The van der Waals surface area contributed by atoms with Crippen LogP contribution in [0.5, 0.6) is 0 Å². The minimum absolute atomic E-state index is 0.0255. The molecule has 3 N–H and O–H groups in total. The molecule has 0 radical (unpaired) electrons. The molecule has 0 unspecified atom stereocenters. The van der Waals surface area contributed by atoms with Crippen molar-refractivity contribution >= 4 is 46.3 Å². The molecule has 0 atom stereocenters. The van der Waals surface area contributed by atoms with Crippen molar-refractivity contribution in [1.29, 1.82) is 5.26 Å². The summed E-state index contributed by atoms with van der Waals surface area (Å²) in [5, 5.41) is 17.8. The van der Waals surface area contributed by atoms with Crippen molar-refractivity contribution < 1.29 is 18.4 Å². The number of amides is 2. The summed E-state index contributed by atoms with van der Waals surface area (Å²) >= 11 is 1.03. The molecule has 0 spiro atoms. The number of nitrogens with zero attached hydrogens (tertiary/aromatic N) is 3. The fourth-order valence-electron chi connectivity index (χ4n) is 3.71. The van der Waals surface area contributed by atoms with Crippen molar-refractivity contribution in [3.05, 3.63) is 43.8 Å². The molecule has 1 aliphatic rings. The van der Waals surface area contributed by atoms with E-state index in [-0.39, 0.29) is 54.2 Å². The highest BCUT2D eigenvalue weighted by atomic mass is 32.1. The second kappa shape index (κ2) is 11.9. The van der Waals surface area contributed by atoms with Crippen LogP contribution < -0.4 is 30.7 Å². The molecule has 2 heterocycles. The van der Waals surface area contributed by atoms with Gasteiger partial charge in [-0.15, -0.1) is 11.3 Å². The van der Waals surface area contributed by atoms with E-state index in [0.29, 0.717) is 29.0 Å². The Balaban J connectivity index is 1.75. The fraction of sp³-hybridized carbons (Fsp3) is 0.417. The van der Waals surface area contributed by atoms with E-state index < -0.39 is 11.8 Å². The minimum Gasteiger partial charge on any atom is -0.360 e. The summed E-state index contributed by atoms with van der Waals surface area (Å²) in [7, 11) is 0. The van der Waals surface area contributed by atoms with E-state index in [1.807, 2.05) is 6.07 Å². The van der Waals surface area contributed by atoms with Gasteiger partial charge in [-0.05, 0) is 32.0 Å². The normalized spacial score (nSPS) is 16.7. The average molecular weight is 519 g/mol. The van der Waals surface area contributed by atoms with Crippen LogP contribution in [0.1, 0.15) is 26.7 Å². The Labute approximate surface area is 210 Å². The molecule has 2 aromatic rings. The second-order valence-corrected chi connectivity index (χ2v) is 9.25. The van der Waals surface area contributed by atoms with Crippen LogP contribution in [0.15, 0.2) is 29.1 Å². The van der Waals surface area contributed by atoms with Crippen molar-refractivity contribution in [1.82, 2.24) is 14.8 Å². The van der Waals surface area contributed by atoms with Gasteiger partial charge < -0.3 is 16.0 Å². The smallest absolute Gasteiger partial charge is 0.270 e. The minimum atomic E-state index is -2.66. The van der Waals surface area contributed by atoms with Gasteiger partial charge in [0.05, 0.1) is 6.54 Å². The number of carbonyl (C=O) groups is 2. The lowest BCUT2D eigenvalue weighted by atomic mass is 10.1. The number of rotatable bonds is 8. The number of piperidine rings is 1. The van der Waals surface area contributed by atoms with Gasteiger partial charge in [0, 0.05) is 56.6 Å². The SMILES string of the molecule is CCNC(=O)/C(C#N)=c1\s/c(=C/Nc2cccc(NC(=O)CN3CCC(F)(F)CC3)c2)c(=O)n1CC. The molecule has 12 heteroatoms. The summed E-state index contributed by atoms with van der Waals surface area (Å²) in [6.07, 6.45) is 0.984. The number of alkyl halides is 2. The first-order chi connectivity index (χ1) is 17.2. The predicted molar refractivity (Wildman–Crippen MR) is 135 cm³/mol. The van der Waals surface area contributed by atoms with Gasteiger partial charge in [-0.25, -0.2) is 8.78 Å². The molecule has 192 valence electrons. The maximum atomic E-state index is 13.3. The van der Waals surface area contributed by atoms with Crippen molar-refractivity contribution in [2.75, 3.05) is 36.8 Å². The van der Waals surface area contributed by atoms with Crippen molar-refractivity contribution in [2.24, 2.45) is 0 Å². The van der Waals surface area contributed by atoms with E-state index in [9.17, 15) is 28.4 Å². The van der Waals surface area contributed by atoms with E-state index >= 15 is 0 Å². The first-order valence-corrected chi connectivity index (χ1v) is 12.4.